The van der Waals surface area contributed by atoms with Crippen LogP contribution in [0.3, 0.4) is 0 Å². The molecule has 0 bridgehead atoms. The molecule has 1 aliphatic rings. The average molecular weight is 401 g/mol. The molecule has 0 spiro atoms. The van der Waals surface area contributed by atoms with Crippen LogP contribution in [0, 0.1) is 0 Å². The van der Waals surface area contributed by atoms with E-state index in [9.17, 15) is 0 Å². The highest BCUT2D eigenvalue weighted by Gasteiger charge is 2.14. The number of para-hydroxylation sites is 1. The number of ether oxygens (including phenoxy) is 2. The summed E-state index contributed by atoms with van der Waals surface area (Å²) in [7, 11) is 1.67. The minimum absolute atomic E-state index is 0.697. The maximum absolute atomic E-state index is 5.52. The number of methoxy groups -OCH3 is 1. The number of nitrogens with one attached hydrogen (secondary N) is 1. The molecule has 7 heteroatoms. The number of hydrogen-bond donors (Lipinski definition) is 1. The van der Waals surface area contributed by atoms with Gasteiger partial charge in [-0.1, -0.05) is 12.1 Å². The van der Waals surface area contributed by atoms with Gasteiger partial charge in [0, 0.05) is 48.6 Å². The number of fused-ring (bicyclic) bond motifs is 1. The van der Waals surface area contributed by atoms with Gasteiger partial charge < -0.3 is 24.1 Å². The number of nitrogens with zero attached hydrogens (tertiary/aromatic N) is 4. The standard InChI is InChI=1S/C23H23N5O2/c1-29-21-5-3-2-4-19(21)20-16-28-11-10-24-23(28)22(26-20)25-17-6-8-18(9-7-17)27-12-14-30-15-13-27/h2-11,16H,12-15H2,1H3,(H,25,26). The molecule has 1 N–H and O–H groups in total. The fourth-order valence-electron chi connectivity index (χ4n) is 3.72. The normalized spacial score (nSPS) is 14.1. The second-order valence-corrected chi connectivity index (χ2v) is 7.10. The largest absolute Gasteiger partial charge is 0.496 e. The second kappa shape index (κ2) is 8.04. The van der Waals surface area contributed by atoms with Crippen LogP contribution in [0.5, 0.6) is 5.75 Å². The van der Waals surface area contributed by atoms with E-state index in [0.29, 0.717) is 5.82 Å². The second-order valence-electron chi connectivity index (χ2n) is 7.10. The molecule has 0 amide bonds. The summed E-state index contributed by atoms with van der Waals surface area (Å²) in [6.07, 6.45) is 5.66. The van der Waals surface area contributed by atoms with Crippen molar-refractivity contribution in [2.75, 3.05) is 43.6 Å². The molecule has 2 aromatic heterocycles. The number of aromatic nitrogens is 3. The lowest BCUT2D eigenvalue weighted by Gasteiger charge is -2.28. The van der Waals surface area contributed by atoms with Gasteiger partial charge >= 0.3 is 0 Å². The smallest absolute Gasteiger partial charge is 0.180 e. The van der Waals surface area contributed by atoms with Crippen LogP contribution < -0.4 is 15.0 Å². The molecular formula is C23H23N5O2. The highest BCUT2D eigenvalue weighted by Crippen LogP contribution is 2.31. The Bertz CT molecular complexity index is 1150. The molecule has 0 saturated carbocycles. The van der Waals surface area contributed by atoms with Gasteiger partial charge in [-0.2, -0.15) is 0 Å². The first-order valence-electron chi connectivity index (χ1n) is 9.99. The van der Waals surface area contributed by atoms with Crippen molar-refractivity contribution >= 4 is 22.8 Å². The van der Waals surface area contributed by atoms with Gasteiger partial charge in [-0.3, -0.25) is 0 Å². The number of imidazole rings is 1. The summed E-state index contributed by atoms with van der Waals surface area (Å²) >= 11 is 0. The minimum Gasteiger partial charge on any atom is -0.496 e. The minimum atomic E-state index is 0.697. The Morgan fingerprint density at radius 1 is 1.03 bits per heavy atom. The fourth-order valence-corrected chi connectivity index (χ4v) is 3.72. The molecule has 30 heavy (non-hydrogen) atoms. The van der Waals surface area contributed by atoms with Crippen LogP contribution in [0.2, 0.25) is 0 Å². The first kappa shape index (κ1) is 18.4. The van der Waals surface area contributed by atoms with Gasteiger partial charge in [0.2, 0.25) is 0 Å². The number of rotatable bonds is 5. The number of morpholine rings is 1. The van der Waals surface area contributed by atoms with Gasteiger partial charge in [-0.05, 0) is 36.4 Å². The van der Waals surface area contributed by atoms with E-state index in [1.165, 1.54) is 5.69 Å². The summed E-state index contributed by atoms with van der Waals surface area (Å²) in [6.45, 7) is 3.39. The van der Waals surface area contributed by atoms with Gasteiger partial charge in [0.05, 0.1) is 26.0 Å². The van der Waals surface area contributed by atoms with Crippen molar-refractivity contribution in [3.63, 3.8) is 0 Å². The van der Waals surface area contributed by atoms with Crippen LogP contribution >= 0.6 is 0 Å². The topological polar surface area (TPSA) is 63.9 Å². The molecule has 0 radical (unpaired) electrons. The van der Waals surface area contributed by atoms with Gasteiger partial charge in [0.15, 0.2) is 11.5 Å². The summed E-state index contributed by atoms with van der Waals surface area (Å²) in [4.78, 5) is 11.7. The van der Waals surface area contributed by atoms with E-state index in [1.807, 2.05) is 41.1 Å². The lowest BCUT2D eigenvalue weighted by molar-refractivity contribution is 0.122. The summed E-state index contributed by atoms with van der Waals surface area (Å²) in [5.74, 6) is 1.48. The highest BCUT2D eigenvalue weighted by molar-refractivity contribution is 5.76. The Labute approximate surface area is 174 Å². The van der Waals surface area contributed by atoms with E-state index in [2.05, 4.69) is 39.5 Å². The van der Waals surface area contributed by atoms with Crippen molar-refractivity contribution in [2.45, 2.75) is 0 Å². The zero-order chi connectivity index (χ0) is 20.3. The number of anilines is 3. The van der Waals surface area contributed by atoms with Crippen molar-refractivity contribution < 1.29 is 9.47 Å². The highest BCUT2D eigenvalue weighted by atomic mass is 16.5. The Morgan fingerprint density at radius 3 is 2.63 bits per heavy atom. The van der Waals surface area contributed by atoms with Gasteiger partial charge in [0.25, 0.3) is 0 Å². The lowest BCUT2D eigenvalue weighted by Crippen LogP contribution is -2.36. The van der Waals surface area contributed by atoms with Gasteiger partial charge in [-0.25, -0.2) is 9.97 Å². The molecule has 1 fully saturated rings. The van der Waals surface area contributed by atoms with E-state index in [-0.39, 0.29) is 0 Å². The molecule has 1 saturated heterocycles. The van der Waals surface area contributed by atoms with Crippen LogP contribution in [0.25, 0.3) is 16.9 Å². The van der Waals surface area contributed by atoms with Crippen molar-refractivity contribution in [1.29, 1.82) is 0 Å². The molecule has 1 aliphatic heterocycles. The summed E-state index contributed by atoms with van der Waals surface area (Å²) in [6, 6.07) is 16.3. The van der Waals surface area contributed by atoms with E-state index in [0.717, 1.165) is 54.6 Å². The summed E-state index contributed by atoms with van der Waals surface area (Å²) < 4.78 is 12.9. The van der Waals surface area contributed by atoms with Crippen molar-refractivity contribution in [2.24, 2.45) is 0 Å². The molecular weight excluding hydrogens is 378 g/mol. The van der Waals surface area contributed by atoms with Crippen LogP contribution in [-0.2, 0) is 4.74 Å². The maximum Gasteiger partial charge on any atom is 0.180 e. The van der Waals surface area contributed by atoms with Crippen LogP contribution in [0.4, 0.5) is 17.2 Å². The molecule has 0 aliphatic carbocycles. The Hall–Kier alpha value is -3.58. The summed E-state index contributed by atoms with van der Waals surface area (Å²) in [5.41, 5.74) is 4.67. The van der Waals surface area contributed by atoms with Gasteiger partial charge in [0.1, 0.15) is 5.75 Å². The van der Waals surface area contributed by atoms with Gasteiger partial charge in [-0.15, -0.1) is 0 Å². The summed E-state index contributed by atoms with van der Waals surface area (Å²) in [5, 5.41) is 3.43. The van der Waals surface area contributed by atoms with E-state index in [1.54, 1.807) is 13.3 Å². The van der Waals surface area contributed by atoms with E-state index < -0.39 is 0 Å². The monoisotopic (exact) mass is 401 g/mol. The molecule has 2 aromatic carbocycles. The van der Waals surface area contributed by atoms with Crippen LogP contribution in [0.15, 0.2) is 67.1 Å². The third-order valence-corrected chi connectivity index (χ3v) is 5.26. The third kappa shape index (κ3) is 3.55. The molecule has 0 atom stereocenters. The Kier molecular flexibility index (Phi) is 4.94. The molecule has 7 nitrogen and oxygen atoms in total. The number of hydrogen-bond acceptors (Lipinski definition) is 6. The predicted octanol–water partition coefficient (Wildman–Crippen LogP) is 3.99. The SMILES string of the molecule is COc1ccccc1-c1cn2ccnc2c(Nc2ccc(N3CCOCC3)cc2)n1. The molecule has 152 valence electrons. The average Bonchev–Trinajstić information content (AvgIpc) is 3.29. The zero-order valence-electron chi connectivity index (χ0n) is 16.8. The first-order valence-corrected chi connectivity index (χ1v) is 9.99. The van der Waals surface area contributed by atoms with Crippen molar-refractivity contribution in [3.05, 3.63) is 67.1 Å². The maximum atomic E-state index is 5.52. The fraction of sp³-hybridized carbons (Fsp3) is 0.217. The van der Waals surface area contributed by atoms with Crippen molar-refractivity contribution in [1.82, 2.24) is 14.4 Å². The predicted molar refractivity (Wildman–Crippen MR) is 118 cm³/mol. The quantitative estimate of drug-likeness (QED) is 0.546. The molecule has 0 unspecified atom stereocenters. The van der Waals surface area contributed by atoms with E-state index in [4.69, 9.17) is 14.5 Å². The first-order chi connectivity index (χ1) is 14.8. The zero-order valence-corrected chi connectivity index (χ0v) is 16.8. The van der Waals surface area contributed by atoms with Crippen molar-refractivity contribution in [3.8, 4) is 17.0 Å². The Morgan fingerprint density at radius 2 is 1.83 bits per heavy atom. The van der Waals surface area contributed by atoms with Crippen LogP contribution in [-0.4, -0.2) is 47.8 Å². The number of benzene rings is 2. The molecule has 4 aromatic rings. The molecule has 5 rings (SSSR count). The van der Waals surface area contributed by atoms with Crippen LogP contribution in [0.1, 0.15) is 0 Å². The third-order valence-electron chi connectivity index (χ3n) is 5.26. The molecule has 3 heterocycles. The van der Waals surface area contributed by atoms with E-state index >= 15 is 0 Å². The lowest BCUT2D eigenvalue weighted by atomic mass is 10.1. The Balaban J connectivity index is 1.47.